The summed E-state index contributed by atoms with van der Waals surface area (Å²) in [7, 11) is 2.16. The number of aryl methyl sites for hydroxylation is 1. The summed E-state index contributed by atoms with van der Waals surface area (Å²) in [6, 6.07) is 28.4. The number of benzene rings is 3. The third-order valence-corrected chi connectivity index (χ3v) is 6.08. The van der Waals surface area contributed by atoms with Crippen molar-refractivity contribution in [1.29, 1.82) is 0 Å². The first-order valence-electron chi connectivity index (χ1n) is 9.30. The topological polar surface area (TPSA) is 12.5 Å². The van der Waals surface area contributed by atoms with Gasteiger partial charge in [-0.1, -0.05) is 78.4 Å². The molecular weight excluding hydrogens is 318 g/mol. The van der Waals surface area contributed by atoms with Gasteiger partial charge in [-0.05, 0) is 36.1 Å². The van der Waals surface area contributed by atoms with Gasteiger partial charge in [-0.2, -0.15) is 0 Å². The molecule has 0 aliphatic carbocycles. The minimum Gasteiger partial charge on any atom is -0.349 e. The van der Waals surface area contributed by atoms with Crippen molar-refractivity contribution in [3.63, 3.8) is 0 Å². The first-order valence-corrected chi connectivity index (χ1v) is 9.30. The molecule has 0 saturated carbocycles. The zero-order valence-corrected chi connectivity index (χ0v) is 15.2. The van der Waals surface area contributed by atoms with Gasteiger partial charge in [0.1, 0.15) is 6.23 Å². The highest BCUT2D eigenvalue weighted by molar-refractivity contribution is 5.67. The highest BCUT2D eigenvalue weighted by Crippen LogP contribution is 2.58. The Hall–Kier alpha value is -2.58. The van der Waals surface area contributed by atoms with Crippen LogP contribution in [0.5, 0.6) is 0 Å². The van der Waals surface area contributed by atoms with E-state index in [4.69, 9.17) is 4.74 Å². The summed E-state index contributed by atoms with van der Waals surface area (Å²) in [5.74, 6) is 0. The summed E-state index contributed by atoms with van der Waals surface area (Å²) in [5, 5.41) is 0. The average Bonchev–Trinajstić information content (AvgIpc) is 3.19. The lowest BCUT2D eigenvalue weighted by atomic mass is 9.72. The molecule has 130 valence electrons. The van der Waals surface area contributed by atoms with Crippen molar-refractivity contribution in [2.75, 3.05) is 11.9 Å². The maximum Gasteiger partial charge on any atom is 0.144 e. The summed E-state index contributed by atoms with van der Waals surface area (Å²) in [5.41, 5.74) is 6.45. The van der Waals surface area contributed by atoms with Crippen molar-refractivity contribution in [3.8, 4) is 0 Å². The Morgan fingerprint density at radius 1 is 0.885 bits per heavy atom. The number of nitrogens with zero attached hydrogens (tertiary/aromatic N) is 1. The van der Waals surface area contributed by atoms with Crippen LogP contribution in [0, 0.1) is 6.92 Å². The van der Waals surface area contributed by atoms with Crippen molar-refractivity contribution in [2.24, 2.45) is 0 Å². The van der Waals surface area contributed by atoms with Crippen LogP contribution < -0.4 is 4.90 Å². The minimum absolute atomic E-state index is 0.0211. The summed E-state index contributed by atoms with van der Waals surface area (Å²) < 4.78 is 6.68. The Morgan fingerprint density at radius 3 is 2.35 bits per heavy atom. The van der Waals surface area contributed by atoms with Gasteiger partial charge in [-0.15, -0.1) is 0 Å². The SMILES string of the molecule is Cc1ccc([C@]23C[C@@H](c4ccccc4)O[C@@H]2N(C)c2ccccc23)cc1. The van der Waals surface area contributed by atoms with Crippen LogP contribution in [0.15, 0.2) is 78.9 Å². The van der Waals surface area contributed by atoms with E-state index in [0.717, 1.165) is 6.42 Å². The predicted molar refractivity (Wildman–Crippen MR) is 105 cm³/mol. The second-order valence-electron chi connectivity index (χ2n) is 7.56. The maximum atomic E-state index is 6.68. The molecule has 0 radical (unpaired) electrons. The number of fused-ring (bicyclic) bond motifs is 3. The number of rotatable bonds is 2. The van der Waals surface area contributed by atoms with Crippen molar-refractivity contribution in [2.45, 2.75) is 31.1 Å². The third-order valence-electron chi connectivity index (χ3n) is 6.08. The van der Waals surface area contributed by atoms with Gasteiger partial charge in [-0.3, -0.25) is 0 Å². The fourth-order valence-electron chi connectivity index (χ4n) is 4.79. The second-order valence-corrected chi connectivity index (χ2v) is 7.56. The van der Waals surface area contributed by atoms with Crippen LogP contribution in [-0.2, 0) is 10.2 Å². The lowest BCUT2D eigenvalue weighted by molar-refractivity contribution is 0.0381. The molecule has 0 spiro atoms. The summed E-state index contributed by atoms with van der Waals surface area (Å²) in [4.78, 5) is 2.32. The van der Waals surface area contributed by atoms with Crippen LogP contribution in [0.2, 0.25) is 0 Å². The van der Waals surface area contributed by atoms with Crippen molar-refractivity contribution >= 4 is 5.69 Å². The summed E-state index contributed by atoms with van der Waals surface area (Å²) >= 11 is 0. The summed E-state index contributed by atoms with van der Waals surface area (Å²) in [6.45, 7) is 2.14. The Morgan fingerprint density at radius 2 is 1.58 bits per heavy atom. The monoisotopic (exact) mass is 341 g/mol. The van der Waals surface area contributed by atoms with E-state index in [-0.39, 0.29) is 17.7 Å². The molecule has 0 bridgehead atoms. The van der Waals surface area contributed by atoms with Gasteiger partial charge in [0.15, 0.2) is 0 Å². The lowest BCUT2D eigenvalue weighted by Gasteiger charge is -2.31. The molecule has 0 N–H and O–H groups in total. The van der Waals surface area contributed by atoms with Crippen LogP contribution >= 0.6 is 0 Å². The van der Waals surface area contributed by atoms with Crippen molar-refractivity contribution < 1.29 is 4.74 Å². The Labute approximate surface area is 155 Å². The minimum atomic E-state index is -0.125. The van der Waals surface area contributed by atoms with Gasteiger partial charge in [0.25, 0.3) is 0 Å². The van der Waals surface area contributed by atoms with Gasteiger partial charge in [0.05, 0.1) is 11.5 Å². The van der Waals surface area contributed by atoms with Gasteiger partial charge in [-0.25, -0.2) is 0 Å². The highest BCUT2D eigenvalue weighted by atomic mass is 16.5. The smallest absolute Gasteiger partial charge is 0.144 e. The number of likely N-dealkylation sites (N-methyl/N-ethyl adjacent to an activating group) is 1. The molecule has 3 aromatic rings. The van der Waals surface area contributed by atoms with Crippen LogP contribution in [0.3, 0.4) is 0 Å². The number of anilines is 1. The van der Waals surface area contributed by atoms with E-state index in [1.165, 1.54) is 27.9 Å². The molecule has 2 aliphatic heterocycles. The molecule has 2 aliphatic rings. The van der Waals surface area contributed by atoms with Gasteiger partial charge < -0.3 is 9.64 Å². The molecule has 0 unspecified atom stereocenters. The molecule has 3 atom stereocenters. The van der Waals surface area contributed by atoms with E-state index in [9.17, 15) is 0 Å². The molecule has 1 saturated heterocycles. The Kier molecular flexibility index (Phi) is 3.44. The second kappa shape index (κ2) is 5.72. The van der Waals surface area contributed by atoms with Gasteiger partial charge >= 0.3 is 0 Å². The molecule has 2 nitrogen and oxygen atoms in total. The number of ether oxygens (including phenoxy) is 1. The predicted octanol–water partition coefficient (Wildman–Crippen LogP) is 5.22. The zero-order chi connectivity index (χ0) is 17.7. The first kappa shape index (κ1) is 15.7. The van der Waals surface area contributed by atoms with Crippen LogP contribution in [0.4, 0.5) is 5.69 Å². The number of hydrogen-bond donors (Lipinski definition) is 0. The zero-order valence-electron chi connectivity index (χ0n) is 15.2. The molecule has 1 fully saturated rings. The maximum absolute atomic E-state index is 6.68. The van der Waals surface area contributed by atoms with Gasteiger partial charge in [0.2, 0.25) is 0 Å². The Bertz CT molecular complexity index is 934. The molecule has 3 aromatic carbocycles. The standard InChI is InChI=1S/C24H23NO/c1-17-12-14-19(15-13-17)24-16-22(18-8-4-3-5-9-18)26-23(24)25(2)21-11-7-6-10-20(21)24/h3-15,22-23H,16H2,1-2H3/t22-,23-,24-/m0/s1. The van der Waals surface area contributed by atoms with E-state index < -0.39 is 0 Å². The van der Waals surface area contributed by atoms with Crippen molar-refractivity contribution in [3.05, 3.63) is 101 Å². The number of hydrogen-bond acceptors (Lipinski definition) is 2. The fraction of sp³-hybridized carbons (Fsp3) is 0.250. The number of para-hydroxylation sites is 1. The normalized spacial score (nSPS) is 26.6. The molecule has 0 amide bonds. The van der Waals surface area contributed by atoms with Gasteiger partial charge in [0, 0.05) is 12.7 Å². The fourth-order valence-corrected chi connectivity index (χ4v) is 4.79. The van der Waals surface area contributed by atoms with E-state index in [1.54, 1.807) is 0 Å². The lowest BCUT2D eigenvalue weighted by Crippen LogP contribution is -2.40. The average molecular weight is 341 g/mol. The van der Waals surface area contributed by atoms with Crippen LogP contribution in [-0.4, -0.2) is 13.3 Å². The molecule has 26 heavy (non-hydrogen) atoms. The van der Waals surface area contributed by atoms with Crippen molar-refractivity contribution in [1.82, 2.24) is 0 Å². The molecule has 2 heterocycles. The highest BCUT2D eigenvalue weighted by Gasteiger charge is 2.58. The first-order chi connectivity index (χ1) is 12.7. The van der Waals surface area contributed by atoms with Crippen LogP contribution in [0.25, 0.3) is 0 Å². The largest absolute Gasteiger partial charge is 0.349 e. The van der Waals surface area contributed by atoms with Crippen LogP contribution in [0.1, 0.15) is 34.8 Å². The van der Waals surface area contributed by atoms with E-state index >= 15 is 0 Å². The third kappa shape index (κ3) is 2.09. The molecular formula is C24H23NO. The molecule has 2 heteroatoms. The molecule has 5 rings (SSSR count). The van der Waals surface area contributed by atoms with E-state index in [2.05, 4.69) is 97.7 Å². The molecule has 0 aromatic heterocycles. The summed E-state index contributed by atoms with van der Waals surface area (Å²) in [6.07, 6.45) is 1.10. The quantitative estimate of drug-likeness (QED) is 0.634. The van der Waals surface area contributed by atoms with E-state index in [0.29, 0.717) is 0 Å². The van der Waals surface area contributed by atoms with E-state index in [1.807, 2.05) is 0 Å². The Balaban J connectivity index is 1.69.